The number of carbonyl (C=O) groups is 2. The number of hydrogen-bond donors (Lipinski definition) is 2. The third-order valence-corrected chi connectivity index (χ3v) is 9.28. The molecule has 2 N–H and O–H groups in total. The van der Waals surface area contributed by atoms with E-state index in [4.69, 9.17) is 28.4 Å². The van der Waals surface area contributed by atoms with Gasteiger partial charge in [-0.3, -0.25) is 23.9 Å². The monoisotopic (exact) mass is 735 g/mol. The number of benzene rings is 4. The number of nitrogens with one attached hydrogen (secondary N) is 2. The summed E-state index contributed by atoms with van der Waals surface area (Å²) in [6.07, 6.45) is -3.26. The van der Waals surface area contributed by atoms with Gasteiger partial charge < -0.3 is 33.7 Å². The van der Waals surface area contributed by atoms with Crippen molar-refractivity contribution in [2.45, 2.75) is 43.6 Å². The van der Waals surface area contributed by atoms with Crippen LogP contribution in [0.5, 0.6) is 11.5 Å². The summed E-state index contributed by atoms with van der Waals surface area (Å²) in [5.41, 5.74) is -0.198. The van der Waals surface area contributed by atoms with E-state index < -0.39 is 53.3 Å². The molecule has 0 bridgehead atoms. The number of aromatic nitrogens is 2. The second-order valence-electron chi connectivity index (χ2n) is 12.5. The molecule has 0 radical (unpaired) electrons. The fourth-order valence-electron chi connectivity index (χ4n) is 6.64. The van der Waals surface area contributed by atoms with E-state index in [-0.39, 0.29) is 18.7 Å². The fourth-order valence-corrected chi connectivity index (χ4v) is 6.64. The van der Waals surface area contributed by atoms with Gasteiger partial charge in [-0.05, 0) is 46.5 Å². The van der Waals surface area contributed by atoms with E-state index in [2.05, 4.69) is 10.3 Å². The molecule has 0 saturated carbocycles. The molecule has 1 aromatic heterocycles. The normalized spacial score (nSPS) is 18.1. The largest absolute Gasteiger partial charge is 0.497 e. The molecule has 0 spiro atoms. The topological polar surface area (TPSA) is 156 Å². The molecule has 13 nitrogen and oxygen atoms in total. The summed E-state index contributed by atoms with van der Waals surface area (Å²) in [6.45, 7) is 1.23. The predicted molar refractivity (Wildman–Crippen MR) is 197 cm³/mol. The van der Waals surface area contributed by atoms with Gasteiger partial charge in [0.05, 0.1) is 20.8 Å². The Bertz CT molecular complexity index is 2110. The highest BCUT2D eigenvalue weighted by Gasteiger charge is 2.50. The Balaban J connectivity index is 1.39. The Labute approximate surface area is 311 Å². The molecule has 1 saturated heterocycles. The summed E-state index contributed by atoms with van der Waals surface area (Å²) >= 11 is 0. The molecule has 2 heterocycles. The minimum absolute atomic E-state index is 0.151. The Hall–Kier alpha value is -6.02. The first-order valence-corrected chi connectivity index (χ1v) is 17.2. The van der Waals surface area contributed by atoms with Crippen molar-refractivity contribution < 1.29 is 38.0 Å². The van der Waals surface area contributed by atoms with E-state index in [1.807, 2.05) is 109 Å². The fraction of sp³-hybridized carbons (Fsp3) is 0.268. The minimum Gasteiger partial charge on any atom is -0.497 e. The number of H-pyrrole nitrogens is 1. The third-order valence-electron chi connectivity index (χ3n) is 9.28. The first-order valence-electron chi connectivity index (χ1n) is 17.2. The van der Waals surface area contributed by atoms with Gasteiger partial charge in [-0.25, -0.2) is 4.79 Å². The summed E-state index contributed by atoms with van der Waals surface area (Å²) < 4.78 is 37.1. The second kappa shape index (κ2) is 16.8. The quantitative estimate of drug-likeness (QED) is 0.124. The van der Waals surface area contributed by atoms with Crippen LogP contribution in [0, 0.1) is 0 Å². The lowest BCUT2D eigenvalue weighted by atomic mass is 9.80. The van der Waals surface area contributed by atoms with Crippen molar-refractivity contribution in [3.63, 3.8) is 0 Å². The van der Waals surface area contributed by atoms with Crippen molar-refractivity contribution in [3.05, 3.63) is 164 Å². The predicted octanol–water partition coefficient (Wildman–Crippen LogP) is 4.34. The first-order chi connectivity index (χ1) is 26.2. The Morgan fingerprint density at radius 3 is 1.87 bits per heavy atom. The van der Waals surface area contributed by atoms with Crippen LogP contribution in [0.2, 0.25) is 0 Å². The maximum atomic E-state index is 13.3. The van der Waals surface area contributed by atoms with E-state index in [0.29, 0.717) is 11.5 Å². The number of hydrogen-bond acceptors (Lipinski definition) is 10. The molecule has 280 valence electrons. The van der Waals surface area contributed by atoms with Crippen molar-refractivity contribution in [2.75, 3.05) is 27.9 Å². The van der Waals surface area contributed by atoms with Crippen LogP contribution in [-0.4, -0.2) is 67.7 Å². The van der Waals surface area contributed by atoms with Crippen LogP contribution in [0.4, 0.5) is 0 Å². The Morgan fingerprint density at radius 1 is 0.778 bits per heavy atom. The molecule has 1 amide bonds. The van der Waals surface area contributed by atoms with Crippen molar-refractivity contribution >= 4 is 11.9 Å². The standard InChI is InChI=1S/C41H41N3O10/c1-26(45)53-35-34(54-39(36(35)51-4)44-24-33(38(47)43-40(44)48)37(46)42-23-27-11-7-5-8-12-27)25-52-41(28-13-9-6-10-14-28,29-15-19-31(49-2)20-16-29)30-17-21-32(50-3)22-18-30/h5-22,24,34-36,39H,23,25H2,1-4H3,(H,42,46)(H,43,47,48)/t34-,35?,36+,39-/m1/s1. The van der Waals surface area contributed by atoms with Crippen molar-refractivity contribution in [1.29, 1.82) is 0 Å². The van der Waals surface area contributed by atoms with Gasteiger partial charge in [-0.2, -0.15) is 0 Å². The number of nitrogens with zero attached hydrogens (tertiary/aromatic N) is 1. The number of aromatic amines is 1. The third kappa shape index (κ3) is 7.83. The second-order valence-corrected chi connectivity index (χ2v) is 12.5. The van der Waals surface area contributed by atoms with E-state index in [0.717, 1.165) is 33.0 Å². The van der Waals surface area contributed by atoms with E-state index in [1.165, 1.54) is 14.0 Å². The zero-order valence-corrected chi connectivity index (χ0v) is 30.2. The van der Waals surface area contributed by atoms with Crippen LogP contribution < -0.4 is 26.0 Å². The maximum absolute atomic E-state index is 13.3. The maximum Gasteiger partial charge on any atom is 0.330 e. The SMILES string of the molecule is COc1ccc(C(OC[C@H]2O[C@@H](n3cc(C(=O)NCc4ccccc4)c(=O)[nH]c3=O)[C@@H](OC)C2OC(C)=O)(c2ccccc2)c2ccc(OC)cc2)cc1. The van der Waals surface area contributed by atoms with Crippen LogP contribution >= 0.6 is 0 Å². The molecular weight excluding hydrogens is 694 g/mol. The molecule has 1 aliphatic rings. The van der Waals surface area contributed by atoms with Crippen LogP contribution in [0.1, 0.15) is 45.8 Å². The van der Waals surface area contributed by atoms with Crippen molar-refractivity contribution in [3.8, 4) is 11.5 Å². The molecule has 1 fully saturated rings. The lowest BCUT2D eigenvalue weighted by Gasteiger charge is -2.37. The van der Waals surface area contributed by atoms with Gasteiger partial charge in [-0.1, -0.05) is 84.9 Å². The molecule has 4 aromatic carbocycles. The number of esters is 1. The Morgan fingerprint density at radius 2 is 1.33 bits per heavy atom. The summed E-state index contributed by atoms with van der Waals surface area (Å²) in [7, 11) is 4.55. The van der Waals surface area contributed by atoms with Crippen molar-refractivity contribution in [1.82, 2.24) is 14.9 Å². The van der Waals surface area contributed by atoms with Gasteiger partial charge in [0.2, 0.25) is 0 Å². The van der Waals surface area contributed by atoms with Gasteiger partial charge in [-0.15, -0.1) is 0 Å². The zero-order chi connectivity index (χ0) is 38.2. The first kappa shape index (κ1) is 37.7. The molecule has 54 heavy (non-hydrogen) atoms. The van der Waals surface area contributed by atoms with Gasteiger partial charge in [0.25, 0.3) is 11.5 Å². The van der Waals surface area contributed by atoms with E-state index in [1.54, 1.807) is 14.2 Å². The van der Waals surface area contributed by atoms with Crippen LogP contribution in [-0.2, 0) is 35.9 Å². The molecule has 4 atom stereocenters. The number of ether oxygens (including phenoxy) is 6. The highest BCUT2D eigenvalue weighted by atomic mass is 16.6. The van der Waals surface area contributed by atoms with Gasteiger partial charge >= 0.3 is 11.7 Å². The van der Waals surface area contributed by atoms with Gasteiger partial charge in [0, 0.05) is 26.8 Å². The minimum atomic E-state index is -1.25. The molecule has 0 aliphatic carbocycles. The van der Waals surface area contributed by atoms with Gasteiger partial charge in [0.15, 0.2) is 12.3 Å². The molecule has 5 aromatic rings. The van der Waals surface area contributed by atoms with Crippen LogP contribution in [0.25, 0.3) is 0 Å². The summed E-state index contributed by atoms with van der Waals surface area (Å²) in [5, 5.41) is 2.71. The van der Waals surface area contributed by atoms with Crippen LogP contribution in [0.15, 0.2) is 125 Å². The summed E-state index contributed by atoms with van der Waals surface area (Å²) in [5.74, 6) is -0.0287. The number of rotatable bonds is 14. The van der Waals surface area contributed by atoms with E-state index in [9.17, 15) is 19.2 Å². The smallest absolute Gasteiger partial charge is 0.330 e. The molecule has 1 unspecified atom stereocenters. The average Bonchev–Trinajstić information content (AvgIpc) is 3.54. The lowest BCUT2D eigenvalue weighted by Crippen LogP contribution is -2.43. The molecular formula is C41H41N3O10. The summed E-state index contributed by atoms with van der Waals surface area (Å²) in [6, 6.07) is 33.7. The number of amides is 1. The zero-order valence-electron chi connectivity index (χ0n) is 30.2. The average molecular weight is 736 g/mol. The molecule has 6 rings (SSSR count). The summed E-state index contributed by atoms with van der Waals surface area (Å²) in [4.78, 5) is 54.2. The number of methoxy groups -OCH3 is 3. The van der Waals surface area contributed by atoms with Crippen LogP contribution in [0.3, 0.4) is 0 Å². The molecule has 13 heteroatoms. The van der Waals surface area contributed by atoms with Crippen molar-refractivity contribution in [2.24, 2.45) is 0 Å². The van der Waals surface area contributed by atoms with E-state index >= 15 is 0 Å². The lowest BCUT2D eigenvalue weighted by molar-refractivity contribution is -0.157. The van der Waals surface area contributed by atoms with Gasteiger partial charge in [0.1, 0.15) is 34.9 Å². The number of carbonyl (C=O) groups excluding carboxylic acids is 2. The Kier molecular flexibility index (Phi) is 11.7. The highest BCUT2D eigenvalue weighted by Crippen LogP contribution is 2.43. The highest BCUT2D eigenvalue weighted by molar-refractivity contribution is 5.93. The molecule has 1 aliphatic heterocycles.